The van der Waals surface area contributed by atoms with Gasteiger partial charge in [0.05, 0.1) is 20.3 Å². The molecule has 0 bridgehead atoms. The van der Waals surface area contributed by atoms with Crippen molar-refractivity contribution in [2.45, 2.75) is 13.0 Å². The van der Waals surface area contributed by atoms with Gasteiger partial charge in [-0.05, 0) is 18.6 Å². The lowest BCUT2D eigenvalue weighted by Gasteiger charge is -2.12. The highest BCUT2D eigenvalue weighted by Gasteiger charge is 2.02. The maximum absolute atomic E-state index is 5.70. The molecule has 0 aliphatic heterocycles. The Bertz CT molecular complexity index is 656. The first-order valence-electron chi connectivity index (χ1n) is 7.77. The summed E-state index contributed by atoms with van der Waals surface area (Å²) in [5.74, 6) is 3.16. The van der Waals surface area contributed by atoms with E-state index in [-0.39, 0.29) is 0 Å². The zero-order chi connectivity index (χ0) is 17.2. The standard InChI is InChI=1S/C16H24N6O2/c1-17-16(19-11-15-20-12-21-22(15)2)18-8-5-9-24-14-7-4-6-13(10-14)23-3/h4,6-7,10,12H,5,8-9,11H2,1-3H3,(H2,17,18,19). The fourth-order valence-electron chi connectivity index (χ4n) is 2.02. The summed E-state index contributed by atoms with van der Waals surface area (Å²) >= 11 is 0. The smallest absolute Gasteiger partial charge is 0.191 e. The van der Waals surface area contributed by atoms with Crippen molar-refractivity contribution in [3.63, 3.8) is 0 Å². The molecule has 8 nitrogen and oxygen atoms in total. The third-order valence-corrected chi connectivity index (χ3v) is 3.37. The van der Waals surface area contributed by atoms with Gasteiger partial charge in [-0.15, -0.1) is 0 Å². The summed E-state index contributed by atoms with van der Waals surface area (Å²) in [6.45, 7) is 1.93. The average molecular weight is 332 g/mol. The van der Waals surface area contributed by atoms with Crippen LogP contribution in [0.15, 0.2) is 35.6 Å². The molecular weight excluding hydrogens is 308 g/mol. The van der Waals surface area contributed by atoms with E-state index < -0.39 is 0 Å². The van der Waals surface area contributed by atoms with Crippen molar-refractivity contribution in [1.82, 2.24) is 25.4 Å². The average Bonchev–Trinajstić information content (AvgIpc) is 3.02. The van der Waals surface area contributed by atoms with Gasteiger partial charge in [0.2, 0.25) is 0 Å². The first kappa shape index (κ1) is 17.6. The van der Waals surface area contributed by atoms with Crippen molar-refractivity contribution in [3.8, 4) is 11.5 Å². The van der Waals surface area contributed by atoms with Gasteiger partial charge in [-0.2, -0.15) is 5.10 Å². The van der Waals surface area contributed by atoms with Gasteiger partial charge in [-0.25, -0.2) is 4.98 Å². The van der Waals surface area contributed by atoms with Crippen molar-refractivity contribution >= 4 is 5.96 Å². The number of aromatic nitrogens is 3. The number of benzene rings is 1. The van der Waals surface area contributed by atoms with E-state index in [9.17, 15) is 0 Å². The molecule has 2 aromatic rings. The van der Waals surface area contributed by atoms with E-state index in [0.717, 1.165) is 36.2 Å². The number of ether oxygens (including phenoxy) is 2. The van der Waals surface area contributed by atoms with Crippen LogP contribution in [0.4, 0.5) is 0 Å². The predicted molar refractivity (Wildman–Crippen MR) is 92.3 cm³/mol. The molecule has 24 heavy (non-hydrogen) atoms. The molecule has 0 spiro atoms. The Labute approximate surface area is 141 Å². The molecule has 1 aromatic heterocycles. The lowest BCUT2D eigenvalue weighted by atomic mass is 10.3. The number of rotatable bonds is 8. The van der Waals surface area contributed by atoms with Crippen LogP contribution in [0.2, 0.25) is 0 Å². The molecule has 0 fully saturated rings. The van der Waals surface area contributed by atoms with Gasteiger partial charge in [0.15, 0.2) is 5.96 Å². The monoisotopic (exact) mass is 332 g/mol. The molecule has 0 amide bonds. The Morgan fingerprint density at radius 3 is 2.83 bits per heavy atom. The molecule has 0 aliphatic carbocycles. The highest BCUT2D eigenvalue weighted by Crippen LogP contribution is 2.18. The minimum absolute atomic E-state index is 0.566. The maximum Gasteiger partial charge on any atom is 0.191 e. The summed E-state index contributed by atoms with van der Waals surface area (Å²) < 4.78 is 12.6. The largest absolute Gasteiger partial charge is 0.497 e. The summed E-state index contributed by atoms with van der Waals surface area (Å²) in [6, 6.07) is 7.58. The maximum atomic E-state index is 5.70. The van der Waals surface area contributed by atoms with Gasteiger partial charge in [-0.3, -0.25) is 9.67 Å². The highest BCUT2D eigenvalue weighted by atomic mass is 16.5. The van der Waals surface area contributed by atoms with Crippen LogP contribution in [-0.2, 0) is 13.6 Å². The lowest BCUT2D eigenvalue weighted by Crippen LogP contribution is -2.38. The second-order valence-corrected chi connectivity index (χ2v) is 5.03. The van der Waals surface area contributed by atoms with E-state index in [1.165, 1.54) is 6.33 Å². The second-order valence-electron chi connectivity index (χ2n) is 5.03. The zero-order valence-corrected chi connectivity index (χ0v) is 14.3. The van der Waals surface area contributed by atoms with Crippen LogP contribution in [0.1, 0.15) is 12.2 Å². The van der Waals surface area contributed by atoms with Crippen molar-refractivity contribution in [1.29, 1.82) is 0 Å². The third kappa shape index (κ3) is 5.45. The van der Waals surface area contributed by atoms with E-state index in [2.05, 4.69) is 25.7 Å². The van der Waals surface area contributed by atoms with E-state index in [0.29, 0.717) is 13.2 Å². The topological polar surface area (TPSA) is 85.6 Å². The van der Waals surface area contributed by atoms with Crippen LogP contribution in [0, 0.1) is 0 Å². The van der Waals surface area contributed by atoms with E-state index >= 15 is 0 Å². The number of nitrogens with zero attached hydrogens (tertiary/aromatic N) is 4. The Morgan fingerprint density at radius 1 is 1.29 bits per heavy atom. The van der Waals surface area contributed by atoms with E-state index in [1.807, 2.05) is 31.3 Å². The molecule has 0 atom stereocenters. The molecule has 2 N–H and O–H groups in total. The van der Waals surface area contributed by atoms with Crippen molar-refractivity contribution in [3.05, 3.63) is 36.4 Å². The number of methoxy groups -OCH3 is 1. The Morgan fingerprint density at radius 2 is 2.12 bits per heavy atom. The molecule has 1 aromatic carbocycles. The van der Waals surface area contributed by atoms with Gasteiger partial charge in [0, 0.05) is 26.7 Å². The molecule has 0 saturated carbocycles. The Kier molecular flexibility index (Phi) is 6.88. The van der Waals surface area contributed by atoms with Crippen LogP contribution in [0.5, 0.6) is 11.5 Å². The number of aryl methyl sites for hydroxylation is 1. The quantitative estimate of drug-likeness (QED) is 0.425. The SMILES string of the molecule is CN=C(NCCCOc1cccc(OC)c1)NCc1ncnn1C. The molecule has 1 heterocycles. The normalized spacial score (nSPS) is 11.2. The molecule has 0 unspecified atom stereocenters. The summed E-state index contributed by atoms with van der Waals surface area (Å²) in [5, 5.41) is 10.5. The van der Waals surface area contributed by atoms with E-state index in [1.54, 1.807) is 18.8 Å². The van der Waals surface area contributed by atoms with E-state index in [4.69, 9.17) is 9.47 Å². The minimum atomic E-state index is 0.566. The van der Waals surface area contributed by atoms with Crippen molar-refractivity contribution in [2.75, 3.05) is 27.3 Å². The van der Waals surface area contributed by atoms with Gasteiger partial charge >= 0.3 is 0 Å². The van der Waals surface area contributed by atoms with Gasteiger partial charge in [0.1, 0.15) is 23.7 Å². The number of guanidine groups is 1. The molecular formula is C16H24N6O2. The lowest BCUT2D eigenvalue weighted by molar-refractivity contribution is 0.308. The summed E-state index contributed by atoms with van der Waals surface area (Å²) in [4.78, 5) is 8.33. The van der Waals surface area contributed by atoms with Crippen LogP contribution < -0.4 is 20.1 Å². The van der Waals surface area contributed by atoms with Crippen molar-refractivity contribution < 1.29 is 9.47 Å². The number of hydrogen-bond acceptors (Lipinski definition) is 5. The number of hydrogen-bond donors (Lipinski definition) is 2. The molecule has 0 aliphatic rings. The summed E-state index contributed by atoms with van der Waals surface area (Å²) in [7, 11) is 5.23. The molecule has 2 rings (SSSR count). The Balaban J connectivity index is 1.64. The third-order valence-electron chi connectivity index (χ3n) is 3.37. The first-order valence-corrected chi connectivity index (χ1v) is 7.77. The molecule has 0 saturated heterocycles. The molecule has 8 heteroatoms. The highest BCUT2D eigenvalue weighted by molar-refractivity contribution is 5.79. The first-order chi connectivity index (χ1) is 11.7. The fourth-order valence-corrected chi connectivity index (χ4v) is 2.02. The van der Waals surface area contributed by atoms with Gasteiger partial charge < -0.3 is 20.1 Å². The zero-order valence-electron chi connectivity index (χ0n) is 14.3. The number of aliphatic imine (C=N–C) groups is 1. The molecule has 130 valence electrons. The van der Waals surface area contributed by atoms with Crippen LogP contribution in [-0.4, -0.2) is 48.0 Å². The second kappa shape index (κ2) is 9.39. The van der Waals surface area contributed by atoms with Gasteiger partial charge in [-0.1, -0.05) is 6.07 Å². The van der Waals surface area contributed by atoms with Gasteiger partial charge in [0.25, 0.3) is 0 Å². The fraction of sp³-hybridized carbons (Fsp3) is 0.438. The summed E-state index contributed by atoms with van der Waals surface area (Å²) in [5.41, 5.74) is 0. The van der Waals surface area contributed by atoms with Crippen LogP contribution in [0.3, 0.4) is 0 Å². The Hall–Kier alpha value is -2.77. The number of nitrogens with one attached hydrogen (secondary N) is 2. The molecule has 0 radical (unpaired) electrons. The minimum Gasteiger partial charge on any atom is -0.497 e. The van der Waals surface area contributed by atoms with Crippen molar-refractivity contribution in [2.24, 2.45) is 12.0 Å². The van der Waals surface area contributed by atoms with Crippen LogP contribution >= 0.6 is 0 Å². The summed E-state index contributed by atoms with van der Waals surface area (Å²) in [6.07, 6.45) is 2.38. The van der Waals surface area contributed by atoms with Crippen LogP contribution in [0.25, 0.3) is 0 Å². The predicted octanol–water partition coefficient (Wildman–Crippen LogP) is 0.958.